The van der Waals surface area contributed by atoms with E-state index in [-0.39, 0.29) is 11.7 Å². The van der Waals surface area contributed by atoms with Crippen LogP contribution in [-0.2, 0) is 6.42 Å². The summed E-state index contributed by atoms with van der Waals surface area (Å²) in [7, 11) is 0. The second-order valence-corrected chi connectivity index (χ2v) is 6.54. The van der Waals surface area contributed by atoms with Crippen LogP contribution >= 0.6 is 15.9 Å². The number of rotatable bonds is 6. The zero-order chi connectivity index (χ0) is 18.4. The lowest BCUT2D eigenvalue weighted by molar-refractivity contribution is 0.102. The minimum Gasteiger partial charge on any atom is -0.492 e. The molecule has 0 radical (unpaired) electrons. The summed E-state index contributed by atoms with van der Waals surface area (Å²) >= 11 is 3.44. The average Bonchev–Trinajstić information content (AvgIpc) is 2.65. The zero-order valence-electron chi connectivity index (χ0n) is 13.9. The number of anilines is 1. The molecule has 3 aromatic carbocycles. The predicted molar refractivity (Wildman–Crippen MR) is 104 cm³/mol. The topological polar surface area (TPSA) is 38.3 Å². The van der Waals surface area contributed by atoms with Crippen molar-refractivity contribution in [2.45, 2.75) is 6.42 Å². The number of carbonyl (C=O) groups is 1. The number of amides is 1. The smallest absolute Gasteiger partial charge is 0.255 e. The number of ether oxygens (including phenoxy) is 1. The van der Waals surface area contributed by atoms with Gasteiger partial charge in [-0.25, -0.2) is 4.39 Å². The van der Waals surface area contributed by atoms with Gasteiger partial charge in [-0.15, -0.1) is 0 Å². The molecule has 26 heavy (non-hydrogen) atoms. The fraction of sp³-hybridized carbons (Fsp3) is 0.0952. The third kappa shape index (κ3) is 4.92. The molecule has 3 nitrogen and oxygen atoms in total. The van der Waals surface area contributed by atoms with Gasteiger partial charge < -0.3 is 10.1 Å². The summed E-state index contributed by atoms with van der Waals surface area (Å²) < 4.78 is 19.4. The van der Waals surface area contributed by atoms with Gasteiger partial charge in [-0.05, 0) is 64.0 Å². The number of hydrogen-bond acceptors (Lipinski definition) is 2. The van der Waals surface area contributed by atoms with E-state index in [4.69, 9.17) is 4.74 Å². The van der Waals surface area contributed by atoms with Crippen LogP contribution in [0.25, 0.3) is 0 Å². The second-order valence-electron chi connectivity index (χ2n) is 5.69. The highest BCUT2D eigenvalue weighted by molar-refractivity contribution is 9.10. The first kappa shape index (κ1) is 18.1. The molecule has 3 rings (SSSR count). The Morgan fingerprint density at radius 2 is 1.73 bits per heavy atom. The largest absolute Gasteiger partial charge is 0.492 e. The third-order valence-electron chi connectivity index (χ3n) is 3.79. The predicted octanol–water partition coefficient (Wildman–Crippen LogP) is 5.46. The lowest BCUT2D eigenvalue weighted by Gasteiger charge is -2.10. The van der Waals surface area contributed by atoms with Gasteiger partial charge in [0.25, 0.3) is 5.91 Å². The summed E-state index contributed by atoms with van der Waals surface area (Å²) in [6, 6.07) is 20.9. The van der Waals surface area contributed by atoms with Gasteiger partial charge in [0.2, 0.25) is 0 Å². The van der Waals surface area contributed by atoms with Crippen LogP contribution in [0.4, 0.5) is 10.1 Å². The fourth-order valence-corrected chi connectivity index (χ4v) is 2.91. The first-order chi connectivity index (χ1) is 12.6. The van der Waals surface area contributed by atoms with E-state index in [1.165, 1.54) is 29.8 Å². The number of halogens is 2. The van der Waals surface area contributed by atoms with Crippen LogP contribution in [0.15, 0.2) is 77.3 Å². The highest BCUT2D eigenvalue weighted by atomic mass is 79.9. The Hall–Kier alpha value is -2.66. The van der Waals surface area contributed by atoms with Crippen LogP contribution in [0.3, 0.4) is 0 Å². The second kappa shape index (κ2) is 8.63. The van der Waals surface area contributed by atoms with E-state index in [0.717, 1.165) is 6.42 Å². The molecular formula is C21H17BrFNO2. The summed E-state index contributed by atoms with van der Waals surface area (Å²) in [6.07, 6.45) is 0.806. The minimum absolute atomic E-state index is 0.270. The van der Waals surface area contributed by atoms with E-state index >= 15 is 0 Å². The van der Waals surface area contributed by atoms with Crippen molar-refractivity contribution in [2.75, 3.05) is 11.9 Å². The number of hydrogen-bond donors (Lipinski definition) is 1. The van der Waals surface area contributed by atoms with Crippen molar-refractivity contribution in [2.24, 2.45) is 0 Å². The normalized spacial score (nSPS) is 10.4. The van der Waals surface area contributed by atoms with E-state index in [0.29, 0.717) is 28.1 Å². The molecule has 0 saturated carbocycles. The molecule has 0 aliphatic carbocycles. The van der Waals surface area contributed by atoms with Gasteiger partial charge >= 0.3 is 0 Å². The van der Waals surface area contributed by atoms with E-state index in [2.05, 4.69) is 33.4 Å². The Morgan fingerprint density at radius 1 is 1.00 bits per heavy atom. The van der Waals surface area contributed by atoms with Gasteiger partial charge in [-0.1, -0.05) is 30.3 Å². The quantitative estimate of drug-likeness (QED) is 0.582. The highest BCUT2D eigenvalue weighted by Gasteiger charge is 2.10. The molecule has 0 atom stereocenters. The molecule has 0 aliphatic rings. The molecule has 0 bridgehead atoms. The zero-order valence-corrected chi connectivity index (χ0v) is 15.5. The van der Waals surface area contributed by atoms with Gasteiger partial charge in [0.05, 0.1) is 11.1 Å². The maximum absolute atomic E-state index is 12.9. The number of carbonyl (C=O) groups excluding carboxylic acids is 1. The van der Waals surface area contributed by atoms with Crippen LogP contribution in [0.1, 0.15) is 15.9 Å². The molecule has 0 unspecified atom stereocenters. The van der Waals surface area contributed by atoms with Crippen molar-refractivity contribution in [1.82, 2.24) is 0 Å². The highest BCUT2D eigenvalue weighted by Crippen LogP contribution is 2.26. The SMILES string of the molecule is O=C(Nc1ccc(F)cc1)c1ccc(OCCc2ccccc2)c(Br)c1. The first-order valence-corrected chi connectivity index (χ1v) is 8.94. The van der Waals surface area contributed by atoms with Gasteiger partial charge in [-0.2, -0.15) is 0 Å². The Bertz CT molecular complexity index is 882. The van der Waals surface area contributed by atoms with Crippen LogP contribution in [0, 0.1) is 5.82 Å². The Kier molecular flexibility index (Phi) is 6.02. The molecular weight excluding hydrogens is 397 g/mol. The summed E-state index contributed by atoms with van der Waals surface area (Å²) in [5.41, 5.74) is 2.23. The van der Waals surface area contributed by atoms with E-state index in [1.54, 1.807) is 18.2 Å². The summed E-state index contributed by atoms with van der Waals surface area (Å²) in [5.74, 6) is 0.0650. The molecule has 132 valence electrons. The molecule has 5 heteroatoms. The molecule has 0 spiro atoms. The minimum atomic E-state index is -0.345. The van der Waals surface area contributed by atoms with Crippen molar-refractivity contribution in [3.05, 3.63) is 94.2 Å². The average molecular weight is 414 g/mol. The number of nitrogens with one attached hydrogen (secondary N) is 1. The van der Waals surface area contributed by atoms with Gasteiger partial charge in [-0.3, -0.25) is 4.79 Å². The molecule has 0 saturated heterocycles. The molecule has 0 aromatic heterocycles. The third-order valence-corrected chi connectivity index (χ3v) is 4.41. The van der Waals surface area contributed by atoms with Crippen LogP contribution in [0.5, 0.6) is 5.75 Å². The maximum Gasteiger partial charge on any atom is 0.255 e. The molecule has 1 N–H and O–H groups in total. The summed E-state index contributed by atoms with van der Waals surface area (Å²) in [5, 5.41) is 2.73. The molecule has 0 heterocycles. The Labute approximate surface area is 159 Å². The fourth-order valence-electron chi connectivity index (χ4n) is 2.42. The van der Waals surface area contributed by atoms with E-state index in [9.17, 15) is 9.18 Å². The van der Waals surface area contributed by atoms with Crippen molar-refractivity contribution < 1.29 is 13.9 Å². The number of benzene rings is 3. The van der Waals surface area contributed by atoms with Crippen molar-refractivity contribution in [3.8, 4) is 5.75 Å². The molecule has 0 fully saturated rings. The van der Waals surface area contributed by atoms with Crippen LogP contribution < -0.4 is 10.1 Å². The monoisotopic (exact) mass is 413 g/mol. The first-order valence-electron chi connectivity index (χ1n) is 8.15. The van der Waals surface area contributed by atoms with Crippen LogP contribution in [0.2, 0.25) is 0 Å². The standard InChI is InChI=1S/C21H17BrFNO2/c22-19-14-16(21(25)24-18-9-7-17(23)8-10-18)6-11-20(19)26-13-12-15-4-2-1-3-5-15/h1-11,14H,12-13H2,(H,24,25). The van der Waals surface area contributed by atoms with Crippen molar-refractivity contribution >= 4 is 27.5 Å². The summed E-state index contributed by atoms with van der Waals surface area (Å²) in [6.45, 7) is 0.545. The lowest BCUT2D eigenvalue weighted by Crippen LogP contribution is -2.12. The van der Waals surface area contributed by atoms with Gasteiger partial charge in [0.1, 0.15) is 11.6 Å². The lowest BCUT2D eigenvalue weighted by atomic mass is 10.1. The molecule has 3 aromatic rings. The molecule has 1 amide bonds. The summed E-state index contributed by atoms with van der Waals surface area (Å²) in [4.78, 5) is 12.3. The van der Waals surface area contributed by atoms with Crippen LogP contribution in [-0.4, -0.2) is 12.5 Å². The van der Waals surface area contributed by atoms with E-state index in [1.807, 2.05) is 18.2 Å². The van der Waals surface area contributed by atoms with Gasteiger partial charge in [0.15, 0.2) is 0 Å². The van der Waals surface area contributed by atoms with Crippen molar-refractivity contribution in [3.63, 3.8) is 0 Å². The maximum atomic E-state index is 12.9. The Balaban J connectivity index is 1.59. The molecule has 0 aliphatic heterocycles. The van der Waals surface area contributed by atoms with Gasteiger partial charge in [0, 0.05) is 17.7 Å². The van der Waals surface area contributed by atoms with E-state index < -0.39 is 0 Å². The van der Waals surface area contributed by atoms with Crippen molar-refractivity contribution in [1.29, 1.82) is 0 Å². The Morgan fingerprint density at radius 3 is 2.42 bits per heavy atom.